The third-order valence-electron chi connectivity index (χ3n) is 2.60. The molecule has 0 unspecified atom stereocenters. The maximum absolute atomic E-state index is 7.43. The van der Waals surface area contributed by atoms with Gasteiger partial charge in [0.15, 0.2) is 5.76 Å². The number of aryl methyl sites for hydroxylation is 1. The minimum absolute atomic E-state index is 0.270. The van der Waals surface area contributed by atoms with E-state index in [0.717, 1.165) is 22.5 Å². The topological polar surface area (TPSA) is 62.2 Å². The van der Waals surface area contributed by atoms with Gasteiger partial charge in [-0.05, 0) is 20.8 Å². The maximum Gasteiger partial charge on any atom is 0.176 e. The Labute approximate surface area is 106 Å². The zero-order chi connectivity index (χ0) is 13.1. The molecule has 0 bridgehead atoms. The van der Waals surface area contributed by atoms with Crippen molar-refractivity contribution in [1.82, 2.24) is 5.16 Å². The summed E-state index contributed by atoms with van der Waals surface area (Å²) < 4.78 is 5.38. The molecule has 0 saturated carbocycles. The minimum Gasteiger partial charge on any atom is -0.355 e. The van der Waals surface area contributed by atoms with E-state index in [9.17, 15) is 0 Å². The van der Waals surface area contributed by atoms with E-state index in [1.807, 2.05) is 44.2 Å². The van der Waals surface area contributed by atoms with Crippen molar-refractivity contribution in [3.8, 4) is 11.3 Å². The van der Waals surface area contributed by atoms with E-state index < -0.39 is 0 Å². The van der Waals surface area contributed by atoms with Crippen LogP contribution in [0.15, 0.2) is 39.8 Å². The second-order valence-corrected chi connectivity index (χ2v) is 4.12. The second kappa shape index (κ2) is 4.96. The highest BCUT2D eigenvalue weighted by Gasteiger charge is 2.17. The first kappa shape index (κ1) is 12.2. The average molecular weight is 241 g/mol. The fraction of sp³-hybridized carbons (Fsp3) is 0.214. The molecule has 0 aliphatic carbocycles. The van der Waals surface area contributed by atoms with Crippen molar-refractivity contribution < 1.29 is 4.52 Å². The van der Waals surface area contributed by atoms with E-state index in [1.54, 1.807) is 6.92 Å². The normalized spacial score (nSPS) is 11.6. The maximum atomic E-state index is 7.43. The fourth-order valence-corrected chi connectivity index (χ4v) is 1.89. The van der Waals surface area contributed by atoms with Gasteiger partial charge in [0.25, 0.3) is 0 Å². The van der Waals surface area contributed by atoms with Crippen LogP contribution in [0.3, 0.4) is 0 Å². The smallest absolute Gasteiger partial charge is 0.176 e. The molecule has 2 aromatic rings. The van der Waals surface area contributed by atoms with Gasteiger partial charge in [-0.2, -0.15) is 0 Å². The monoisotopic (exact) mass is 241 g/mol. The van der Waals surface area contributed by atoms with Crippen LogP contribution in [0, 0.1) is 12.3 Å². The summed E-state index contributed by atoms with van der Waals surface area (Å²) in [6.45, 7) is 5.39. The van der Waals surface area contributed by atoms with Gasteiger partial charge in [-0.1, -0.05) is 35.5 Å². The fourth-order valence-electron chi connectivity index (χ4n) is 1.89. The van der Waals surface area contributed by atoms with Crippen molar-refractivity contribution in [2.45, 2.75) is 20.8 Å². The highest BCUT2D eigenvalue weighted by Crippen LogP contribution is 2.26. The predicted molar refractivity (Wildman–Crippen MR) is 72.3 cm³/mol. The molecule has 1 N–H and O–H groups in total. The van der Waals surface area contributed by atoms with E-state index in [0.29, 0.717) is 5.76 Å². The molecule has 2 rings (SSSR count). The Morgan fingerprint density at radius 3 is 2.50 bits per heavy atom. The second-order valence-electron chi connectivity index (χ2n) is 4.12. The van der Waals surface area contributed by atoms with E-state index >= 15 is 0 Å². The summed E-state index contributed by atoms with van der Waals surface area (Å²) in [4.78, 5) is 4.17. The van der Waals surface area contributed by atoms with Crippen LogP contribution in [-0.2, 0) is 0 Å². The standard InChI is InChI=1S/C14H15N3O/c1-9(16-11(3)15)13-10(2)17-18-14(13)12-7-5-4-6-8-12/h4-8,15H,1-3H3/b15-11?,16-9+. The molecule has 1 aromatic heterocycles. The highest BCUT2D eigenvalue weighted by molar-refractivity contribution is 6.09. The Balaban J connectivity index is 2.56. The summed E-state index contributed by atoms with van der Waals surface area (Å²) in [5.41, 5.74) is 3.37. The van der Waals surface area contributed by atoms with Gasteiger partial charge in [0.05, 0.1) is 17.0 Å². The van der Waals surface area contributed by atoms with Gasteiger partial charge >= 0.3 is 0 Å². The molecule has 0 fully saturated rings. The lowest BCUT2D eigenvalue weighted by Crippen LogP contribution is -2.00. The molecular formula is C14H15N3O. The molecule has 0 aliphatic heterocycles. The van der Waals surface area contributed by atoms with E-state index in [-0.39, 0.29) is 5.84 Å². The zero-order valence-corrected chi connectivity index (χ0v) is 10.7. The molecule has 92 valence electrons. The van der Waals surface area contributed by atoms with Crippen LogP contribution in [0.4, 0.5) is 0 Å². The first-order valence-corrected chi connectivity index (χ1v) is 5.72. The third kappa shape index (κ3) is 2.37. The summed E-state index contributed by atoms with van der Waals surface area (Å²) in [5, 5.41) is 11.4. The molecule has 18 heavy (non-hydrogen) atoms. The molecular weight excluding hydrogens is 226 g/mol. The lowest BCUT2D eigenvalue weighted by atomic mass is 10.0. The average Bonchev–Trinajstić information content (AvgIpc) is 2.71. The summed E-state index contributed by atoms with van der Waals surface area (Å²) in [5.74, 6) is 0.975. The number of aromatic nitrogens is 1. The number of aliphatic imine (C=N–C) groups is 1. The Morgan fingerprint density at radius 2 is 1.89 bits per heavy atom. The van der Waals surface area contributed by atoms with Crippen molar-refractivity contribution in [1.29, 1.82) is 5.41 Å². The molecule has 4 heteroatoms. The van der Waals surface area contributed by atoms with Gasteiger partial charge in [-0.15, -0.1) is 0 Å². The molecule has 0 radical (unpaired) electrons. The summed E-state index contributed by atoms with van der Waals surface area (Å²) >= 11 is 0. The number of nitrogens with zero attached hydrogens (tertiary/aromatic N) is 2. The molecule has 0 amide bonds. The quantitative estimate of drug-likeness (QED) is 0.646. The first-order valence-electron chi connectivity index (χ1n) is 5.72. The number of benzene rings is 1. The molecule has 0 aliphatic rings. The van der Waals surface area contributed by atoms with Gasteiger partial charge in [-0.3, -0.25) is 5.41 Å². The van der Waals surface area contributed by atoms with Gasteiger partial charge < -0.3 is 4.52 Å². The van der Waals surface area contributed by atoms with E-state index in [4.69, 9.17) is 9.93 Å². The van der Waals surface area contributed by atoms with Gasteiger partial charge in [0.2, 0.25) is 0 Å². The summed E-state index contributed by atoms with van der Waals surface area (Å²) in [6, 6.07) is 9.79. The molecule has 0 spiro atoms. The molecule has 1 aromatic carbocycles. The molecule has 1 heterocycles. The number of hydrogen-bond donors (Lipinski definition) is 1. The van der Waals surface area contributed by atoms with Crippen LogP contribution in [-0.4, -0.2) is 16.7 Å². The zero-order valence-electron chi connectivity index (χ0n) is 10.7. The van der Waals surface area contributed by atoms with Crippen LogP contribution in [0.1, 0.15) is 25.1 Å². The minimum atomic E-state index is 0.270. The lowest BCUT2D eigenvalue weighted by Gasteiger charge is -2.02. The largest absolute Gasteiger partial charge is 0.355 e. The van der Waals surface area contributed by atoms with Crippen molar-refractivity contribution in [2.75, 3.05) is 0 Å². The predicted octanol–water partition coefficient (Wildman–Crippen LogP) is 3.46. The van der Waals surface area contributed by atoms with Crippen LogP contribution in [0.25, 0.3) is 11.3 Å². The Morgan fingerprint density at radius 1 is 1.22 bits per heavy atom. The molecule has 4 nitrogen and oxygen atoms in total. The van der Waals surface area contributed by atoms with Crippen LogP contribution < -0.4 is 0 Å². The van der Waals surface area contributed by atoms with E-state index in [2.05, 4.69) is 10.1 Å². The summed E-state index contributed by atoms with van der Waals surface area (Å²) in [7, 11) is 0. The highest BCUT2D eigenvalue weighted by atomic mass is 16.5. The Bertz CT molecular complexity index is 597. The van der Waals surface area contributed by atoms with Crippen molar-refractivity contribution in [2.24, 2.45) is 4.99 Å². The lowest BCUT2D eigenvalue weighted by molar-refractivity contribution is 0.427. The van der Waals surface area contributed by atoms with Crippen LogP contribution in [0.2, 0.25) is 0 Å². The van der Waals surface area contributed by atoms with Crippen molar-refractivity contribution in [3.63, 3.8) is 0 Å². The van der Waals surface area contributed by atoms with E-state index in [1.165, 1.54) is 0 Å². The Kier molecular flexibility index (Phi) is 3.37. The molecule has 0 saturated heterocycles. The molecule has 0 atom stereocenters. The number of amidine groups is 1. The number of rotatable bonds is 2. The SMILES string of the molecule is CC(=N)/N=C(\C)c1c(C)noc1-c1ccccc1. The first-order chi connectivity index (χ1) is 8.59. The van der Waals surface area contributed by atoms with Crippen molar-refractivity contribution >= 4 is 11.5 Å². The van der Waals surface area contributed by atoms with Crippen molar-refractivity contribution in [3.05, 3.63) is 41.6 Å². The van der Waals surface area contributed by atoms with Gasteiger partial charge in [-0.25, -0.2) is 4.99 Å². The van der Waals surface area contributed by atoms with Gasteiger partial charge in [0.1, 0.15) is 5.84 Å². The van der Waals surface area contributed by atoms with Crippen LogP contribution >= 0.6 is 0 Å². The number of nitrogens with one attached hydrogen (secondary N) is 1. The number of hydrogen-bond acceptors (Lipinski definition) is 3. The van der Waals surface area contributed by atoms with Gasteiger partial charge in [0, 0.05) is 5.56 Å². The van der Waals surface area contributed by atoms with Crippen LogP contribution in [0.5, 0.6) is 0 Å². The summed E-state index contributed by atoms with van der Waals surface area (Å²) in [6.07, 6.45) is 0. The Hall–Kier alpha value is -2.23. The third-order valence-corrected chi connectivity index (χ3v) is 2.60.